The smallest absolute Gasteiger partial charge is 0.296 e. The first-order chi connectivity index (χ1) is 6.62. The Kier molecular flexibility index (Phi) is 4.95. The fourth-order valence-corrected chi connectivity index (χ4v) is 2.03. The Morgan fingerprint density at radius 3 is 1.81 bits per heavy atom. The maximum absolute atomic E-state index is 10.7. The number of benzene rings is 1. The second-order valence-electron chi connectivity index (χ2n) is 2.65. The molecule has 1 radical (unpaired) electrons. The maximum atomic E-state index is 10.7. The van der Waals surface area contributed by atoms with Crippen LogP contribution in [0.15, 0.2) is 28.0 Å². The molecule has 1 aromatic carbocycles. The number of anilines is 1. The number of nitrogen functional groups attached to an aromatic ring is 1. The molecule has 0 aliphatic heterocycles. The number of rotatable bonds is 2. The summed E-state index contributed by atoms with van der Waals surface area (Å²) in [4.78, 5) is -1.16. The number of nitrogens with two attached hydrogens (primary N) is 1. The zero-order valence-electron chi connectivity index (χ0n) is 8.15. The van der Waals surface area contributed by atoms with Crippen molar-refractivity contribution in [3.63, 3.8) is 0 Å². The molecule has 0 saturated heterocycles. The van der Waals surface area contributed by atoms with Crippen LogP contribution in [0.25, 0.3) is 0 Å². The van der Waals surface area contributed by atoms with Crippen LogP contribution in [-0.2, 0) is 20.2 Å². The Morgan fingerprint density at radius 1 is 1.00 bits per heavy atom. The standard InChI is InChI=1S/C6H7NO6S2.Na/c7-5-3-4(14(8,9)10)1-2-6(5)15(11,12)13;/h1-3H,7H2,(H,8,9,10)(H,11,12,13);. The first kappa shape index (κ1) is 15.8. The number of hydrogen-bond acceptors (Lipinski definition) is 5. The summed E-state index contributed by atoms with van der Waals surface area (Å²) < 4.78 is 59.9. The van der Waals surface area contributed by atoms with Crippen LogP contribution in [-0.4, -0.2) is 55.5 Å². The van der Waals surface area contributed by atoms with Crippen molar-refractivity contribution in [3.8, 4) is 0 Å². The minimum Gasteiger partial charge on any atom is -0.398 e. The van der Waals surface area contributed by atoms with Gasteiger partial charge in [0.25, 0.3) is 20.2 Å². The molecule has 1 aromatic rings. The van der Waals surface area contributed by atoms with Gasteiger partial charge in [0, 0.05) is 29.6 Å². The van der Waals surface area contributed by atoms with E-state index in [0.717, 1.165) is 18.2 Å². The average molecular weight is 276 g/mol. The van der Waals surface area contributed by atoms with Gasteiger partial charge in [-0.2, -0.15) is 16.8 Å². The van der Waals surface area contributed by atoms with Gasteiger partial charge in [-0.1, -0.05) is 0 Å². The minimum absolute atomic E-state index is 0. The van der Waals surface area contributed by atoms with Crippen molar-refractivity contribution in [1.29, 1.82) is 0 Å². The predicted molar refractivity (Wildman–Crippen MR) is 56.2 cm³/mol. The molecule has 4 N–H and O–H groups in total. The molecular formula is C6H7NNaO6S2. The van der Waals surface area contributed by atoms with Gasteiger partial charge in [-0.25, -0.2) is 0 Å². The normalized spacial score (nSPS) is 11.9. The summed E-state index contributed by atoms with van der Waals surface area (Å²) in [5.74, 6) is 0. The van der Waals surface area contributed by atoms with Crippen LogP contribution in [0.5, 0.6) is 0 Å². The van der Waals surface area contributed by atoms with Crippen molar-refractivity contribution in [2.24, 2.45) is 0 Å². The Balaban J connectivity index is 0.00000225. The third-order valence-corrected chi connectivity index (χ3v) is 3.33. The number of hydrogen-bond donors (Lipinski definition) is 3. The van der Waals surface area contributed by atoms with Crippen LogP contribution in [0.4, 0.5) is 5.69 Å². The summed E-state index contributed by atoms with van der Waals surface area (Å²) in [6.07, 6.45) is 0. The zero-order chi connectivity index (χ0) is 11.9. The summed E-state index contributed by atoms with van der Waals surface area (Å²) in [5, 5.41) is 0. The second kappa shape index (κ2) is 5.00. The van der Waals surface area contributed by atoms with E-state index in [-0.39, 0.29) is 29.6 Å². The second-order valence-corrected chi connectivity index (χ2v) is 5.46. The summed E-state index contributed by atoms with van der Waals surface area (Å²) in [6.45, 7) is 0. The third kappa shape index (κ3) is 3.70. The van der Waals surface area contributed by atoms with Crippen LogP contribution in [0.3, 0.4) is 0 Å². The van der Waals surface area contributed by atoms with Gasteiger partial charge in [-0.15, -0.1) is 0 Å². The van der Waals surface area contributed by atoms with Gasteiger partial charge in [0.1, 0.15) is 4.90 Å². The van der Waals surface area contributed by atoms with Gasteiger partial charge in [0.05, 0.1) is 10.6 Å². The monoisotopic (exact) mass is 276 g/mol. The molecule has 85 valence electrons. The van der Waals surface area contributed by atoms with Crippen molar-refractivity contribution in [2.75, 3.05) is 5.73 Å². The summed E-state index contributed by atoms with van der Waals surface area (Å²) in [5.41, 5.74) is 4.72. The van der Waals surface area contributed by atoms with E-state index < -0.39 is 35.7 Å². The maximum Gasteiger partial charge on any atom is 0.296 e. The predicted octanol–water partition coefficient (Wildman–Crippen LogP) is -0.619. The molecule has 1 rings (SSSR count). The van der Waals surface area contributed by atoms with Crippen molar-refractivity contribution >= 4 is 55.5 Å². The summed E-state index contributed by atoms with van der Waals surface area (Å²) >= 11 is 0. The fourth-order valence-electron chi connectivity index (χ4n) is 0.922. The largest absolute Gasteiger partial charge is 0.398 e. The van der Waals surface area contributed by atoms with Crippen molar-refractivity contribution < 1.29 is 25.9 Å². The molecule has 0 unspecified atom stereocenters. The molecule has 0 aliphatic rings. The van der Waals surface area contributed by atoms with E-state index in [2.05, 4.69) is 0 Å². The molecule has 10 heteroatoms. The van der Waals surface area contributed by atoms with Crippen LogP contribution in [0.2, 0.25) is 0 Å². The fraction of sp³-hybridized carbons (Fsp3) is 0. The Labute approximate surface area is 114 Å². The molecular weight excluding hydrogens is 269 g/mol. The van der Waals surface area contributed by atoms with Gasteiger partial charge >= 0.3 is 0 Å². The Hall–Kier alpha value is -0.160. The van der Waals surface area contributed by atoms with Crippen molar-refractivity contribution in [1.82, 2.24) is 0 Å². The van der Waals surface area contributed by atoms with E-state index in [9.17, 15) is 16.8 Å². The van der Waals surface area contributed by atoms with Gasteiger partial charge in [-0.3, -0.25) is 9.11 Å². The van der Waals surface area contributed by atoms with E-state index in [0.29, 0.717) is 0 Å². The molecule has 0 aromatic heterocycles. The molecule has 0 fully saturated rings. The van der Waals surface area contributed by atoms with Crippen LogP contribution >= 0.6 is 0 Å². The van der Waals surface area contributed by atoms with Gasteiger partial charge in [-0.05, 0) is 18.2 Å². The van der Waals surface area contributed by atoms with Crippen LogP contribution in [0.1, 0.15) is 0 Å². The first-order valence-corrected chi connectivity index (χ1v) is 6.35. The van der Waals surface area contributed by atoms with Gasteiger partial charge in [0.2, 0.25) is 0 Å². The van der Waals surface area contributed by atoms with E-state index in [4.69, 9.17) is 14.8 Å². The quantitative estimate of drug-likeness (QED) is 0.372. The van der Waals surface area contributed by atoms with Gasteiger partial charge < -0.3 is 5.73 Å². The molecule has 0 atom stereocenters. The summed E-state index contributed by atoms with van der Waals surface area (Å²) in [7, 11) is -8.94. The zero-order valence-corrected chi connectivity index (χ0v) is 11.8. The SMILES string of the molecule is Nc1cc(S(=O)(=O)O)ccc1S(=O)(=O)O.[Na]. The summed E-state index contributed by atoms with van der Waals surface area (Å²) in [6, 6.07) is 2.33. The molecule has 16 heavy (non-hydrogen) atoms. The molecule has 0 heterocycles. The molecule has 0 amide bonds. The molecule has 0 spiro atoms. The van der Waals surface area contributed by atoms with Crippen LogP contribution in [0, 0.1) is 0 Å². The van der Waals surface area contributed by atoms with Crippen molar-refractivity contribution in [2.45, 2.75) is 9.79 Å². The van der Waals surface area contributed by atoms with E-state index in [1.54, 1.807) is 0 Å². The molecule has 0 bridgehead atoms. The Morgan fingerprint density at radius 2 is 1.50 bits per heavy atom. The van der Waals surface area contributed by atoms with E-state index in [1.165, 1.54) is 0 Å². The first-order valence-electron chi connectivity index (χ1n) is 3.47. The minimum atomic E-state index is -4.50. The Bertz CT molecular complexity index is 593. The third-order valence-electron chi connectivity index (χ3n) is 1.56. The molecule has 0 saturated carbocycles. The molecule has 7 nitrogen and oxygen atoms in total. The topological polar surface area (TPSA) is 135 Å². The van der Waals surface area contributed by atoms with E-state index in [1.807, 2.05) is 0 Å². The average Bonchev–Trinajstić information content (AvgIpc) is 1.99. The van der Waals surface area contributed by atoms with E-state index >= 15 is 0 Å². The molecule has 0 aliphatic carbocycles. The van der Waals surface area contributed by atoms with Gasteiger partial charge in [0.15, 0.2) is 0 Å². The van der Waals surface area contributed by atoms with Crippen molar-refractivity contribution in [3.05, 3.63) is 18.2 Å². The van der Waals surface area contributed by atoms with Crippen LogP contribution < -0.4 is 5.73 Å².